The fourth-order valence-corrected chi connectivity index (χ4v) is 4.40. The zero-order chi connectivity index (χ0) is 24.3. The minimum absolute atomic E-state index is 0. The molecule has 0 amide bonds. The summed E-state index contributed by atoms with van der Waals surface area (Å²) in [6.45, 7) is 3.90. The monoisotopic (exact) mass is 541 g/mol. The molecule has 0 aliphatic rings. The summed E-state index contributed by atoms with van der Waals surface area (Å²) in [7, 11) is 1.80. The summed E-state index contributed by atoms with van der Waals surface area (Å²) in [5, 5.41) is 1.02. The van der Waals surface area contributed by atoms with Crippen LogP contribution in [0, 0.1) is 0 Å². The SMILES string of the molecule is Cl.Cl.Cn1c(=O)ccc2cc(OCCCCN(CCCc3ccccc3)CCc3cccnc3)ccc21. The van der Waals surface area contributed by atoms with E-state index >= 15 is 0 Å². The van der Waals surface area contributed by atoms with Gasteiger partial charge in [0.05, 0.1) is 12.1 Å². The highest BCUT2D eigenvalue weighted by Gasteiger charge is 2.07. The molecule has 0 radical (unpaired) electrons. The van der Waals surface area contributed by atoms with Gasteiger partial charge >= 0.3 is 0 Å². The Morgan fingerprint density at radius 3 is 2.38 bits per heavy atom. The molecule has 0 fully saturated rings. The molecule has 0 N–H and O–H groups in total. The lowest BCUT2D eigenvalue weighted by molar-refractivity contribution is 0.249. The molecule has 2 aromatic carbocycles. The Balaban J connectivity index is 0.00000241. The van der Waals surface area contributed by atoms with Gasteiger partial charge in [-0.1, -0.05) is 36.4 Å². The minimum Gasteiger partial charge on any atom is -0.494 e. The number of benzene rings is 2. The third-order valence-electron chi connectivity index (χ3n) is 6.46. The average molecular weight is 543 g/mol. The molecule has 0 aliphatic carbocycles. The smallest absolute Gasteiger partial charge is 0.250 e. The molecule has 0 saturated carbocycles. The molecule has 0 saturated heterocycles. The third-order valence-corrected chi connectivity index (χ3v) is 6.46. The Morgan fingerprint density at radius 2 is 1.59 bits per heavy atom. The van der Waals surface area contributed by atoms with E-state index in [0.29, 0.717) is 6.61 Å². The zero-order valence-electron chi connectivity index (χ0n) is 21.4. The summed E-state index contributed by atoms with van der Waals surface area (Å²) in [6, 6.07) is 24.3. The molecule has 198 valence electrons. The quantitative estimate of drug-likeness (QED) is 0.191. The van der Waals surface area contributed by atoms with Crippen LogP contribution in [0.2, 0.25) is 0 Å². The first-order valence-electron chi connectivity index (χ1n) is 12.6. The van der Waals surface area contributed by atoms with Gasteiger partial charge in [0, 0.05) is 37.4 Å². The number of halogens is 2. The topological polar surface area (TPSA) is 47.4 Å². The zero-order valence-corrected chi connectivity index (χ0v) is 23.1. The molecule has 0 atom stereocenters. The number of hydrogen-bond donors (Lipinski definition) is 0. The Bertz CT molecular complexity index is 1250. The number of fused-ring (bicyclic) bond motifs is 1. The van der Waals surface area contributed by atoms with Gasteiger partial charge in [0.1, 0.15) is 5.75 Å². The summed E-state index contributed by atoms with van der Waals surface area (Å²) >= 11 is 0. The normalized spacial score (nSPS) is 10.6. The van der Waals surface area contributed by atoms with E-state index in [1.807, 2.05) is 42.7 Å². The van der Waals surface area contributed by atoms with E-state index in [0.717, 1.165) is 68.4 Å². The van der Waals surface area contributed by atoms with Crippen molar-refractivity contribution in [2.45, 2.75) is 32.1 Å². The van der Waals surface area contributed by atoms with Crippen molar-refractivity contribution < 1.29 is 4.74 Å². The Hall–Kier alpha value is -2.86. The molecule has 5 nitrogen and oxygen atoms in total. The van der Waals surface area contributed by atoms with Crippen LogP contribution in [0.4, 0.5) is 0 Å². The summed E-state index contributed by atoms with van der Waals surface area (Å²) in [6.07, 6.45) is 9.20. The Labute approximate surface area is 232 Å². The highest BCUT2D eigenvalue weighted by molar-refractivity contribution is 5.85. The molecule has 4 aromatic rings. The number of pyridine rings is 2. The van der Waals surface area contributed by atoms with Crippen LogP contribution in [0.25, 0.3) is 10.9 Å². The first kappa shape index (κ1) is 30.4. The Kier molecular flexibility index (Phi) is 13.2. The fourth-order valence-electron chi connectivity index (χ4n) is 4.40. The molecule has 7 heteroatoms. The lowest BCUT2D eigenvalue weighted by Crippen LogP contribution is -2.29. The van der Waals surface area contributed by atoms with Crippen LogP contribution >= 0.6 is 24.8 Å². The standard InChI is InChI=1S/C30H35N3O2.2ClH/c1-32-29-15-14-28(23-27(29)13-16-30(32)34)35-22-6-5-19-33(21-17-26-11-7-18-31-24-26)20-8-12-25-9-3-2-4-10-25;;/h2-4,7,9-11,13-16,18,23-24H,5-6,8,12,17,19-22H2,1H3;2*1H. The van der Waals surface area contributed by atoms with E-state index in [9.17, 15) is 4.79 Å². The van der Waals surface area contributed by atoms with Gasteiger partial charge in [-0.15, -0.1) is 24.8 Å². The van der Waals surface area contributed by atoms with Crippen LogP contribution in [0.3, 0.4) is 0 Å². The summed E-state index contributed by atoms with van der Waals surface area (Å²) in [4.78, 5) is 18.6. The summed E-state index contributed by atoms with van der Waals surface area (Å²) in [5.41, 5.74) is 3.62. The van der Waals surface area contributed by atoms with E-state index in [1.165, 1.54) is 11.1 Å². The molecule has 2 aromatic heterocycles. The number of nitrogens with zero attached hydrogens (tertiary/aromatic N) is 3. The lowest BCUT2D eigenvalue weighted by Gasteiger charge is -2.22. The van der Waals surface area contributed by atoms with Crippen LogP contribution < -0.4 is 10.3 Å². The van der Waals surface area contributed by atoms with Crippen LogP contribution in [0.15, 0.2) is 90.0 Å². The highest BCUT2D eigenvalue weighted by Crippen LogP contribution is 2.19. The largest absolute Gasteiger partial charge is 0.494 e. The maximum absolute atomic E-state index is 11.8. The van der Waals surface area contributed by atoms with Crippen LogP contribution in [-0.4, -0.2) is 40.7 Å². The van der Waals surface area contributed by atoms with Gasteiger partial charge in [-0.2, -0.15) is 0 Å². The number of aromatic nitrogens is 2. The van der Waals surface area contributed by atoms with E-state index in [1.54, 1.807) is 17.7 Å². The molecule has 2 heterocycles. The van der Waals surface area contributed by atoms with Gasteiger partial charge in [0.15, 0.2) is 0 Å². The Morgan fingerprint density at radius 1 is 0.811 bits per heavy atom. The fraction of sp³-hybridized carbons (Fsp3) is 0.333. The second kappa shape index (κ2) is 16.1. The van der Waals surface area contributed by atoms with Gasteiger partial charge in [-0.05, 0) is 86.7 Å². The predicted octanol–water partition coefficient (Wildman–Crippen LogP) is 6.11. The van der Waals surface area contributed by atoms with Crippen molar-refractivity contribution in [3.8, 4) is 5.75 Å². The predicted molar refractivity (Wildman–Crippen MR) is 158 cm³/mol. The van der Waals surface area contributed by atoms with Gasteiger partial charge in [-0.25, -0.2) is 0 Å². The molecule has 4 rings (SSSR count). The van der Waals surface area contributed by atoms with Gasteiger partial charge < -0.3 is 14.2 Å². The number of rotatable bonds is 13. The highest BCUT2D eigenvalue weighted by atomic mass is 35.5. The molecule has 0 unspecified atom stereocenters. The van der Waals surface area contributed by atoms with Crippen molar-refractivity contribution in [2.24, 2.45) is 7.05 Å². The van der Waals surface area contributed by atoms with Crippen LogP contribution in [0.1, 0.15) is 30.4 Å². The minimum atomic E-state index is 0. The average Bonchev–Trinajstić information content (AvgIpc) is 2.90. The lowest BCUT2D eigenvalue weighted by atomic mass is 10.1. The second-order valence-electron chi connectivity index (χ2n) is 9.05. The van der Waals surface area contributed by atoms with Gasteiger partial charge in [-0.3, -0.25) is 9.78 Å². The maximum atomic E-state index is 11.8. The number of hydrogen-bond acceptors (Lipinski definition) is 4. The van der Waals surface area contributed by atoms with Gasteiger partial charge in [0.25, 0.3) is 5.56 Å². The maximum Gasteiger partial charge on any atom is 0.250 e. The van der Waals surface area contributed by atoms with E-state index in [4.69, 9.17) is 4.74 Å². The van der Waals surface area contributed by atoms with Crippen molar-refractivity contribution in [3.05, 3.63) is 107 Å². The third kappa shape index (κ3) is 9.51. The van der Waals surface area contributed by atoms with Crippen molar-refractivity contribution in [3.63, 3.8) is 0 Å². The number of aryl methyl sites for hydroxylation is 2. The number of unbranched alkanes of at least 4 members (excludes halogenated alkanes) is 1. The van der Waals surface area contributed by atoms with Gasteiger partial charge in [0.2, 0.25) is 0 Å². The van der Waals surface area contributed by atoms with E-state index in [2.05, 4.69) is 46.3 Å². The van der Waals surface area contributed by atoms with Crippen molar-refractivity contribution in [1.29, 1.82) is 0 Å². The molecule has 0 spiro atoms. The first-order chi connectivity index (χ1) is 17.2. The molecule has 0 aliphatic heterocycles. The second-order valence-corrected chi connectivity index (χ2v) is 9.05. The summed E-state index contributed by atoms with van der Waals surface area (Å²) < 4.78 is 7.68. The molecule has 37 heavy (non-hydrogen) atoms. The van der Waals surface area contributed by atoms with Crippen molar-refractivity contribution in [2.75, 3.05) is 26.2 Å². The molecular formula is C30H37Cl2N3O2. The van der Waals surface area contributed by atoms with Crippen LogP contribution in [-0.2, 0) is 19.9 Å². The van der Waals surface area contributed by atoms with E-state index in [-0.39, 0.29) is 30.4 Å². The summed E-state index contributed by atoms with van der Waals surface area (Å²) in [5.74, 6) is 0.854. The van der Waals surface area contributed by atoms with Crippen molar-refractivity contribution >= 4 is 35.7 Å². The van der Waals surface area contributed by atoms with Crippen LogP contribution in [0.5, 0.6) is 5.75 Å². The molecular weight excluding hydrogens is 505 g/mol. The van der Waals surface area contributed by atoms with Crippen molar-refractivity contribution in [1.82, 2.24) is 14.5 Å². The first-order valence-corrected chi connectivity index (χ1v) is 12.6. The molecule has 0 bridgehead atoms. The number of ether oxygens (including phenoxy) is 1. The van der Waals surface area contributed by atoms with E-state index < -0.39 is 0 Å².